The third-order valence-corrected chi connectivity index (χ3v) is 8.02. The molecule has 0 aliphatic rings. The van der Waals surface area contributed by atoms with Gasteiger partial charge in [-0.05, 0) is 60.7 Å². The van der Waals surface area contributed by atoms with Gasteiger partial charge in [0.2, 0.25) is 15.9 Å². The number of nitrogens with zero attached hydrogens (tertiary/aromatic N) is 1. The summed E-state index contributed by atoms with van der Waals surface area (Å²) in [6.45, 7) is -0.572. The molecule has 3 rings (SSSR count). The number of anilines is 3. The van der Waals surface area contributed by atoms with Crippen LogP contribution >= 0.6 is 34.8 Å². The van der Waals surface area contributed by atoms with Gasteiger partial charge in [-0.3, -0.25) is 13.8 Å². The number of rotatable bonds is 8. The first kappa shape index (κ1) is 26.1. The average molecular weight is 563 g/mol. The Hall–Kier alpha value is -2.50. The van der Waals surface area contributed by atoms with Crippen molar-refractivity contribution in [2.45, 2.75) is 4.90 Å². The van der Waals surface area contributed by atoms with E-state index < -0.39 is 32.5 Å². The Labute approximate surface area is 212 Å². The van der Waals surface area contributed by atoms with Gasteiger partial charge in [-0.25, -0.2) is 16.8 Å². The predicted molar refractivity (Wildman–Crippen MR) is 136 cm³/mol. The first-order valence-electron chi connectivity index (χ1n) is 9.47. The monoisotopic (exact) mass is 561 g/mol. The highest BCUT2D eigenvalue weighted by molar-refractivity contribution is 7.92. The van der Waals surface area contributed by atoms with E-state index in [1.807, 2.05) is 0 Å². The van der Waals surface area contributed by atoms with Crippen LogP contribution in [0.15, 0.2) is 71.6 Å². The Morgan fingerprint density at radius 2 is 1.44 bits per heavy atom. The van der Waals surface area contributed by atoms with Crippen LogP contribution in [-0.4, -0.2) is 35.5 Å². The van der Waals surface area contributed by atoms with Crippen LogP contribution in [-0.2, 0) is 24.8 Å². The van der Waals surface area contributed by atoms with Crippen LogP contribution in [0.1, 0.15) is 0 Å². The maximum Gasteiger partial charge on any atom is 0.261 e. The third-order valence-electron chi connectivity index (χ3n) is 4.43. The van der Waals surface area contributed by atoms with Gasteiger partial charge in [0.05, 0.1) is 26.9 Å². The summed E-state index contributed by atoms with van der Waals surface area (Å²) in [6.07, 6.45) is 0.935. The van der Waals surface area contributed by atoms with Crippen molar-refractivity contribution in [1.29, 1.82) is 0 Å². The lowest BCUT2D eigenvalue weighted by Crippen LogP contribution is -2.37. The van der Waals surface area contributed by atoms with Gasteiger partial charge in [0.15, 0.2) is 0 Å². The van der Waals surface area contributed by atoms with Crippen LogP contribution in [0.4, 0.5) is 17.1 Å². The van der Waals surface area contributed by atoms with Gasteiger partial charge < -0.3 is 5.32 Å². The molecule has 0 aromatic heterocycles. The third kappa shape index (κ3) is 6.55. The van der Waals surface area contributed by atoms with E-state index >= 15 is 0 Å². The quantitative estimate of drug-likeness (QED) is 0.407. The lowest BCUT2D eigenvalue weighted by Gasteiger charge is -2.23. The number of hydrogen-bond acceptors (Lipinski definition) is 5. The van der Waals surface area contributed by atoms with Crippen LogP contribution in [0, 0.1) is 0 Å². The highest BCUT2D eigenvalue weighted by atomic mass is 35.5. The number of carbonyl (C=O) groups excluding carboxylic acids is 1. The molecule has 13 heteroatoms. The van der Waals surface area contributed by atoms with Crippen molar-refractivity contribution in [3.8, 4) is 0 Å². The molecular weight excluding hydrogens is 545 g/mol. The molecule has 3 aromatic carbocycles. The van der Waals surface area contributed by atoms with Gasteiger partial charge >= 0.3 is 0 Å². The maximum atomic E-state index is 12.6. The molecule has 2 N–H and O–H groups in total. The van der Waals surface area contributed by atoms with Crippen molar-refractivity contribution in [1.82, 2.24) is 0 Å². The van der Waals surface area contributed by atoms with Crippen LogP contribution in [0.25, 0.3) is 0 Å². The molecule has 0 bridgehead atoms. The summed E-state index contributed by atoms with van der Waals surface area (Å²) in [5.41, 5.74) is 0.657. The fraction of sp³-hybridized carbons (Fsp3) is 0.0952. The van der Waals surface area contributed by atoms with Crippen LogP contribution in [0.5, 0.6) is 0 Å². The molecular formula is C21H18Cl3N3O5S2. The molecule has 0 unspecified atom stereocenters. The van der Waals surface area contributed by atoms with Crippen LogP contribution in [0.2, 0.25) is 15.1 Å². The number of sulfonamides is 2. The summed E-state index contributed by atoms with van der Waals surface area (Å²) in [4.78, 5) is 12.5. The minimum atomic E-state index is -3.88. The highest BCUT2D eigenvalue weighted by Crippen LogP contribution is 2.33. The summed E-state index contributed by atoms with van der Waals surface area (Å²) in [7, 11) is -7.74. The summed E-state index contributed by atoms with van der Waals surface area (Å²) in [5.74, 6) is -0.670. The Kier molecular flexibility index (Phi) is 7.99. The fourth-order valence-corrected chi connectivity index (χ4v) is 5.34. The molecule has 0 atom stereocenters. The first-order valence-corrected chi connectivity index (χ1v) is 13.9. The van der Waals surface area contributed by atoms with E-state index in [4.69, 9.17) is 34.8 Å². The lowest BCUT2D eigenvalue weighted by atomic mass is 10.3. The van der Waals surface area contributed by atoms with Gasteiger partial charge in [0, 0.05) is 16.4 Å². The molecule has 8 nitrogen and oxygen atoms in total. The molecule has 180 valence electrons. The van der Waals surface area contributed by atoms with Gasteiger partial charge in [0.25, 0.3) is 10.0 Å². The number of hydrogen-bond donors (Lipinski definition) is 2. The fourth-order valence-electron chi connectivity index (χ4n) is 2.85. The van der Waals surface area contributed by atoms with E-state index in [1.165, 1.54) is 54.6 Å². The molecule has 0 fully saturated rings. The highest BCUT2D eigenvalue weighted by Gasteiger charge is 2.24. The van der Waals surface area contributed by atoms with Crippen molar-refractivity contribution < 1.29 is 21.6 Å². The summed E-state index contributed by atoms with van der Waals surface area (Å²) in [5, 5.41) is 3.13. The number of carbonyl (C=O) groups is 1. The topological polar surface area (TPSA) is 113 Å². The van der Waals surface area contributed by atoms with E-state index in [1.54, 1.807) is 12.1 Å². The normalized spacial score (nSPS) is 11.6. The Morgan fingerprint density at radius 1 is 0.853 bits per heavy atom. The van der Waals surface area contributed by atoms with Crippen molar-refractivity contribution in [2.24, 2.45) is 0 Å². The largest absolute Gasteiger partial charge is 0.325 e. The zero-order chi connectivity index (χ0) is 25.1. The van der Waals surface area contributed by atoms with Gasteiger partial charge in [-0.2, -0.15) is 0 Å². The maximum absolute atomic E-state index is 12.6. The molecule has 1 amide bonds. The molecule has 0 heterocycles. The van der Waals surface area contributed by atoms with Crippen molar-refractivity contribution in [3.05, 3.63) is 81.8 Å². The second-order valence-electron chi connectivity index (χ2n) is 7.03. The number of nitrogens with one attached hydrogen (secondary N) is 2. The SMILES string of the molecule is CS(=O)(=O)N(CC(=O)Nc1ccc(S(=O)(=O)Nc2ccc(Cl)cc2)cc1)c1cccc(Cl)c1Cl. The summed E-state index contributed by atoms with van der Waals surface area (Å²) >= 11 is 17.9. The zero-order valence-corrected chi connectivity index (χ0v) is 21.4. The van der Waals surface area contributed by atoms with Gasteiger partial charge in [-0.15, -0.1) is 0 Å². The zero-order valence-electron chi connectivity index (χ0n) is 17.5. The van der Waals surface area contributed by atoms with Gasteiger partial charge in [0.1, 0.15) is 6.54 Å². The van der Waals surface area contributed by atoms with E-state index in [-0.39, 0.29) is 26.3 Å². The van der Waals surface area contributed by atoms with Crippen LogP contribution in [0.3, 0.4) is 0 Å². The van der Waals surface area contributed by atoms with E-state index in [2.05, 4.69) is 10.0 Å². The minimum Gasteiger partial charge on any atom is -0.325 e. The second kappa shape index (κ2) is 10.4. The summed E-state index contributed by atoms with van der Waals surface area (Å²) < 4.78 is 52.9. The van der Waals surface area contributed by atoms with Gasteiger partial charge in [-0.1, -0.05) is 40.9 Å². The second-order valence-corrected chi connectivity index (χ2v) is 11.8. The molecule has 0 saturated carbocycles. The smallest absolute Gasteiger partial charge is 0.261 e. The van der Waals surface area contributed by atoms with Crippen molar-refractivity contribution in [2.75, 3.05) is 27.1 Å². The molecule has 34 heavy (non-hydrogen) atoms. The van der Waals surface area contributed by atoms with E-state index in [0.717, 1.165) is 10.6 Å². The lowest BCUT2D eigenvalue weighted by molar-refractivity contribution is -0.114. The minimum absolute atomic E-state index is 0.00913. The number of halogens is 3. The summed E-state index contributed by atoms with van der Waals surface area (Å²) in [6, 6.07) is 15.9. The van der Waals surface area contributed by atoms with E-state index in [0.29, 0.717) is 10.7 Å². The van der Waals surface area contributed by atoms with Crippen LogP contribution < -0.4 is 14.3 Å². The van der Waals surface area contributed by atoms with Crippen molar-refractivity contribution >= 4 is 77.8 Å². The average Bonchev–Trinajstić information content (AvgIpc) is 2.75. The first-order chi connectivity index (χ1) is 15.9. The molecule has 0 saturated heterocycles. The number of benzene rings is 3. The predicted octanol–water partition coefficient (Wildman–Crippen LogP) is 4.85. The van der Waals surface area contributed by atoms with Crippen molar-refractivity contribution in [3.63, 3.8) is 0 Å². The Balaban J connectivity index is 1.73. The molecule has 0 radical (unpaired) electrons. The Morgan fingerprint density at radius 3 is 2.03 bits per heavy atom. The number of amides is 1. The molecule has 3 aromatic rings. The molecule has 0 spiro atoms. The molecule has 0 aliphatic heterocycles. The van der Waals surface area contributed by atoms with E-state index in [9.17, 15) is 21.6 Å². The Bertz CT molecular complexity index is 1410. The standard InChI is InChI=1S/C21H18Cl3N3O5S2/c1-33(29,30)27(19-4-2-3-18(23)21(19)24)13-20(28)25-15-9-11-17(12-10-15)34(31,32)26-16-7-5-14(22)6-8-16/h2-12,26H,13H2,1H3,(H,25,28). The molecule has 0 aliphatic carbocycles.